The minimum Gasteiger partial charge on any atom is -0.339 e. The van der Waals surface area contributed by atoms with Gasteiger partial charge in [-0.05, 0) is 48.9 Å². The van der Waals surface area contributed by atoms with Crippen molar-refractivity contribution in [3.8, 4) is 6.07 Å². The zero-order valence-corrected chi connectivity index (χ0v) is 14.5. The second-order valence-corrected chi connectivity index (χ2v) is 6.05. The normalized spacial score (nSPS) is 10.0. The van der Waals surface area contributed by atoms with Crippen LogP contribution in [0.1, 0.15) is 11.1 Å². The van der Waals surface area contributed by atoms with E-state index in [0.29, 0.717) is 23.0 Å². The summed E-state index contributed by atoms with van der Waals surface area (Å²) in [6, 6.07) is 17.2. The van der Waals surface area contributed by atoms with E-state index in [1.807, 2.05) is 43.3 Å². The fourth-order valence-electron chi connectivity index (χ4n) is 2.20. The van der Waals surface area contributed by atoms with Gasteiger partial charge in [0.1, 0.15) is 11.9 Å². The van der Waals surface area contributed by atoms with Crippen LogP contribution in [0.15, 0.2) is 59.2 Å². The number of hydrogen-bond acceptors (Lipinski definition) is 5. The van der Waals surface area contributed by atoms with E-state index in [9.17, 15) is 0 Å². The number of para-hydroxylation sites is 1. The zero-order chi connectivity index (χ0) is 16.9. The van der Waals surface area contributed by atoms with Crippen molar-refractivity contribution in [3.05, 3.63) is 70.3 Å². The molecular formula is C18H14BrN5. The maximum Gasteiger partial charge on any atom is 0.229 e. The van der Waals surface area contributed by atoms with Crippen LogP contribution in [0.25, 0.3) is 0 Å². The van der Waals surface area contributed by atoms with E-state index in [-0.39, 0.29) is 0 Å². The molecule has 1 heterocycles. The summed E-state index contributed by atoms with van der Waals surface area (Å²) in [5, 5.41) is 15.5. The third-order valence-corrected chi connectivity index (χ3v) is 3.89. The number of halogens is 1. The van der Waals surface area contributed by atoms with E-state index in [0.717, 1.165) is 15.7 Å². The molecule has 2 aromatic carbocycles. The van der Waals surface area contributed by atoms with Crippen molar-refractivity contribution < 1.29 is 0 Å². The summed E-state index contributed by atoms with van der Waals surface area (Å²) in [6.45, 7) is 2.01. The molecule has 0 aliphatic carbocycles. The minimum atomic E-state index is 0.486. The molecule has 0 unspecified atom stereocenters. The Morgan fingerprint density at radius 3 is 2.67 bits per heavy atom. The molecule has 1 aromatic heterocycles. The Morgan fingerprint density at radius 1 is 1.04 bits per heavy atom. The lowest BCUT2D eigenvalue weighted by atomic mass is 10.2. The van der Waals surface area contributed by atoms with Crippen LogP contribution < -0.4 is 10.6 Å². The predicted molar refractivity (Wildman–Crippen MR) is 98.6 cm³/mol. The molecule has 0 aliphatic heterocycles. The Bertz CT molecular complexity index is 917. The van der Waals surface area contributed by atoms with Crippen molar-refractivity contribution in [2.75, 3.05) is 10.6 Å². The number of hydrogen-bond donors (Lipinski definition) is 2. The maximum absolute atomic E-state index is 9.16. The molecule has 0 spiro atoms. The van der Waals surface area contributed by atoms with Gasteiger partial charge in [0.05, 0.1) is 11.3 Å². The van der Waals surface area contributed by atoms with Crippen molar-refractivity contribution in [2.24, 2.45) is 0 Å². The molecule has 0 aliphatic rings. The Kier molecular flexibility index (Phi) is 4.73. The smallest absolute Gasteiger partial charge is 0.229 e. The molecule has 0 fully saturated rings. The fraction of sp³-hybridized carbons (Fsp3) is 0.0556. The van der Waals surface area contributed by atoms with E-state index >= 15 is 0 Å². The summed E-state index contributed by atoms with van der Waals surface area (Å²) in [4.78, 5) is 8.69. The standard InChI is InChI=1S/C18H14BrN5/c1-12-10-14(19)6-7-15(12)23-18-21-9-8-17(24-18)22-16-5-3-2-4-13(16)11-20/h2-10H,1H3,(H2,21,22,23,24). The van der Waals surface area contributed by atoms with Gasteiger partial charge in [0, 0.05) is 16.4 Å². The molecule has 2 N–H and O–H groups in total. The van der Waals surface area contributed by atoms with Gasteiger partial charge in [0.25, 0.3) is 0 Å². The average molecular weight is 380 g/mol. The van der Waals surface area contributed by atoms with Crippen LogP contribution in [0, 0.1) is 18.3 Å². The largest absolute Gasteiger partial charge is 0.339 e. The molecule has 0 bridgehead atoms. The topological polar surface area (TPSA) is 73.6 Å². The number of anilines is 4. The van der Waals surface area contributed by atoms with Crippen molar-refractivity contribution in [2.45, 2.75) is 6.92 Å². The van der Waals surface area contributed by atoms with Crippen LogP contribution in [0.5, 0.6) is 0 Å². The number of nitriles is 1. The summed E-state index contributed by atoms with van der Waals surface area (Å²) < 4.78 is 1.02. The monoisotopic (exact) mass is 379 g/mol. The van der Waals surface area contributed by atoms with Crippen molar-refractivity contribution >= 4 is 39.1 Å². The highest BCUT2D eigenvalue weighted by atomic mass is 79.9. The van der Waals surface area contributed by atoms with Crippen LogP contribution in [0.4, 0.5) is 23.1 Å². The Balaban J connectivity index is 1.83. The van der Waals surface area contributed by atoms with Crippen LogP contribution in [-0.4, -0.2) is 9.97 Å². The molecule has 24 heavy (non-hydrogen) atoms. The summed E-state index contributed by atoms with van der Waals surface area (Å²) in [5.74, 6) is 1.10. The number of aryl methyl sites for hydroxylation is 1. The number of nitrogens with one attached hydrogen (secondary N) is 2. The third kappa shape index (κ3) is 3.70. The average Bonchev–Trinajstić information content (AvgIpc) is 2.58. The van der Waals surface area contributed by atoms with Crippen molar-refractivity contribution in [1.29, 1.82) is 5.26 Å². The lowest BCUT2D eigenvalue weighted by Crippen LogP contribution is -2.02. The lowest BCUT2D eigenvalue weighted by molar-refractivity contribution is 1.16. The maximum atomic E-state index is 9.16. The van der Waals surface area contributed by atoms with Gasteiger partial charge in [-0.2, -0.15) is 10.2 Å². The second kappa shape index (κ2) is 7.11. The number of nitrogens with zero attached hydrogens (tertiary/aromatic N) is 3. The van der Waals surface area contributed by atoms with E-state index < -0.39 is 0 Å². The van der Waals surface area contributed by atoms with Gasteiger partial charge in [-0.1, -0.05) is 28.1 Å². The molecule has 0 saturated carbocycles. The predicted octanol–water partition coefficient (Wildman–Crippen LogP) is 4.91. The SMILES string of the molecule is Cc1cc(Br)ccc1Nc1nccc(Nc2ccccc2C#N)n1. The van der Waals surface area contributed by atoms with Gasteiger partial charge < -0.3 is 10.6 Å². The van der Waals surface area contributed by atoms with E-state index in [2.05, 4.69) is 42.6 Å². The first kappa shape index (κ1) is 16.0. The van der Waals surface area contributed by atoms with Crippen molar-refractivity contribution in [3.63, 3.8) is 0 Å². The minimum absolute atomic E-state index is 0.486. The van der Waals surface area contributed by atoms with E-state index in [4.69, 9.17) is 5.26 Å². The highest BCUT2D eigenvalue weighted by molar-refractivity contribution is 9.10. The lowest BCUT2D eigenvalue weighted by Gasteiger charge is -2.11. The van der Waals surface area contributed by atoms with Crippen LogP contribution >= 0.6 is 15.9 Å². The Morgan fingerprint density at radius 2 is 1.88 bits per heavy atom. The Labute approximate surface area is 148 Å². The fourth-order valence-corrected chi connectivity index (χ4v) is 2.68. The molecule has 6 heteroatoms. The van der Waals surface area contributed by atoms with Gasteiger partial charge in [-0.15, -0.1) is 0 Å². The van der Waals surface area contributed by atoms with Crippen LogP contribution in [0.3, 0.4) is 0 Å². The van der Waals surface area contributed by atoms with Crippen molar-refractivity contribution in [1.82, 2.24) is 9.97 Å². The zero-order valence-electron chi connectivity index (χ0n) is 12.9. The first-order valence-electron chi connectivity index (χ1n) is 7.28. The van der Waals surface area contributed by atoms with E-state index in [1.165, 1.54) is 0 Å². The first-order valence-corrected chi connectivity index (χ1v) is 8.07. The summed E-state index contributed by atoms with van der Waals surface area (Å²) in [6.07, 6.45) is 1.67. The quantitative estimate of drug-likeness (QED) is 0.673. The van der Waals surface area contributed by atoms with Gasteiger partial charge in [0.15, 0.2) is 0 Å². The molecule has 0 radical (unpaired) electrons. The first-order chi connectivity index (χ1) is 11.7. The number of aromatic nitrogens is 2. The molecule has 118 valence electrons. The van der Waals surface area contributed by atoms with Gasteiger partial charge in [-0.3, -0.25) is 0 Å². The van der Waals surface area contributed by atoms with E-state index in [1.54, 1.807) is 18.3 Å². The molecule has 0 atom stereocenters. The summed E-state index contributed by atoms with van der Waals surface area (Å²) in [5.41, 5.74) is 3.30. The molecular weight excluding hydrogens is 366 g/mol. The highest BCUT2D eigenvalue weighted by Crippen LogP contribution is 2.23. The molecule has 0 saturated heterocycles. The van der Waals surface area contributed by atoms with Crippen LogP contribution in [0.2, 0.25) is 0 Å². The summed E-state index contributed by atoms with van der Waals surface area (Å²) in [7, 11) is 0. The van der Waals surface area contributed by atoms with Gasteiger partial charge in [-0.25, -0.2) is 4.98 Å². The van der Waals surface area contributed by atoms with Gasteiger partial charge in [0.2, 0.25) is 5.95 Å². The number of rotatable bonds is 4. The van der Waals surface area contributed by atoms with Gasteiger partial charge >= 0.3 is 0 Å². The molecule has 3 rings (SSSR count). The second-order valence-electron chi connectivity index (χ2n) is 5.13. The number of benzene rings is 2. The molecule has 0 amide bonds. The van der Waals surface area contributed by atoms with Crippen LogP contribution in [-0.2, 0) is 0 Å². The molecule has 3 aromatic rings. The molecule has 5 nitrogen and oxygen atoms in total. The third-order valence-electron chi connectivity index (χ3n) is 3.40. The Hall–Kier alpha value is -2.91. The highest BCUT2D eigenvalue weighted by Gasteiger charge is 2.05. The summed E-state index contributed by atoms with van der Waals surface area (Å²) >= 11 is 3.45.